The van der Waals surface area contributed by atoms with Gasteiger partial charge < -0.3 is 20.2 Å². The van der Waals surface area contributed by atoms with Gasteiger partial charge >= 0.3 is 18.3 Å². The third-order valence-electron chi connectivity index (χ3n) is 9.70. The van der Waals surface area contributed by atoms with Gasteiger partial charge in [0.05, 0.1) is 29.3 Å². The Bertz CT molecular complexity index is 1590. The number of aliphatic carboxylic acids is 1. The van der Waals surface area contributed by atoms with Crippen molar-refractivity contribution in [3.63, 3.8) is 0 Å². The van der Waals surface area contributed by atoms with Crippen molar-refractivity contribution in [2.24, 2.45) is 18.9 Å². The summed E-state index contributed by atoms with van der Waals surface area (Å²) in [4.78, 5) is 37.0. The van der Waals surface area contributed by atoms with Gasteiger partial charge in [-0.15, -0.1) is 0 Å². The number of carboxylic acids is 1. The molecule has 2 aromatic heterocycles. The van der Waals surface area contributed by atoms with E-state index in [0.717, 1.165) is 18.4 Å². The molecule has 1 aromatic carbocycles. The van der Waals surface area contributed by atoms with Gasteiger partial charge in [-0.25, -0.2) is 9.97 Å². The molecule has 0 radical (unpaired) electrons. The van der Waals surface area contributed by atoms with Crippen LogP contribution in [0.25, 0.3) is 11.1 Å². The number of aryl methyl sites for hydroxylation is 1. The van der Waals surface area contributed by atoms with Crippen LogP contribution in [0.4, 0.5) is 32.3 Å². The molecule has 2 atom stereocenters. The van der Waals surface area contributed by atoms with Crippen molar-refractivity contribution in [2.75, 3.05) is 24.5 Å². The van der Waals surface area contributed by atoms with Gasteiger partial charge in [-0.3, -0.25) is 14.3 Å². The topological polar surface area (TPSA) is 116 Å². The van der Waals surface area contributed by atoms with Crippen LogP contribution in [-0.2, 0) is 35.5 Å². The number of rotatable bonds is 12. The van der Waals surface area contributed by atoms with E-state index in [2.05, 4.69) is 20.4 Å². The number of aromatic nitrogens is 4. The molecule has 1 aliphatic heterocycles. The van der Waals surface area contributed by atoms with E-state index >= 15 is 0 Å². The average molecular weight is 710 g/mol. The second-order valence-electron chi connectivity index (χ2n) is 13.2. The molecule has 3 heterocycles. The minimum absolute atomic E-state index is 0.102. The summed E-state index contributed by atoms with van der Waals surface area (Å²) >= 11 is 0. The summed E-state index contributed by atoms with van der Waals surface area (Å²) < 4.78 is 84.0. The van der Waals surface area contributed by atoms with Crippen LogP contribution in [0.5, 0.6) is 0 Å². The Labute approximate surface area is 285 Å². The van der Waals surface area contributed by atoms with Crippen LogP contribution >= 0.6 is 0 Å². The number of hydrogen-bond acceptors (Lipinski definition) is 7. The number of carboxylic acid groups (broad SMARTS) is 1. The number of halogens is 6. The maximum atomic E-state index is 13.7. The molecular weight excluding hydrogens is 668 g/mol. The van der Waals surface area contributed by atoms with E-state index < -0.39 is 35.5 Å². The first-order valence-electron chi connectivity index (χ1n) is 16.7. The number of hydrogen-bond donors (Lipinski definition) is 2. The zero-order valence-electron chi connectivity index (χ0n) is 27.8. The fraction of sp³-hybridized carbons (Fsp3) is 0.559. The minimum Gasteiger partial charge on any atom is -0.481 e. The number of amides is 1. The van der Waals surface area contributed by atoms with E-state index in [1.54, 1.807) is 33.9 Å². The zero-order valence-corrected chi connectivity index (χ0v) is 27.8. The molecule has 272 valence electrons. The Hall–Kier alpha value is -4.21. The number of anilines is 1. The molecule has 0 unspecified atom stereocenters. The molecule has 1 saturated carbocycles. The van der Waals surface area contributed by atoms with E-state index in [1.165, 1.54) is 12.4 Å². The molecule has 2 fully saturated rings. The van der Waals surface area contributed by atoms with Gasteiger partial charge in [0.1, 0.15) is 0 Å². The molecule has 1 amide bonds. The summed E-state index contributed by atoms with van der Waals surface area (Å²) in [5.41, 5.74) is -1.69. The van der Waals surface area contributed by atoms with E-state index in [-0.39, 0.29) is 55.0 Å². The van der Waals surface area contributed by atoms with Crippen molar-refractivity contribution in [2.45, 2.75) is 82.9 Å². The largest absolute Gasteiger partial charge is 0.481 e. The lowest BCUT2D eigenvalue weighted by Gasteiger charge is -2.30. The SMILES string of the molecule is CC[C@@H]1C[C@H](N(Cc2cc(C(F)(F)F)cc(C(F)(F)F)c2)c2ncc(-c3cnn(C)c3)cn2)CN1C(=O)CCNCC1CCC(C(=O)O)CC1. The predicted octanol–water partition coefficient (Wildman–Crippen LogP) is 6.17. The summed E-state index contributed by atoms with van der Waals surface area (Å²) in [5, 5.41) is 16.7. The van der Waals surface area contributed by atoms with E-state index in [0.29, 0.717) is 62.4 Å². The van der Waals surface area contributed by atoms with Gasteiger partial charge in [-0.1, -0.05) is 6.92 Å². The van der Waals surface area contributed by atoms with Crippen LogP contribution in [-0.4, -0.2) is 73.3 Å². The fourth-order valence-electron chi connectivity index (χ4n) is 6.93. The number of likely N-dealkylation sites (tertiary alicyclic amines) is 1. The third kappa shape index (κ3) is 9.11. The molecule has 5 rings (SSSR count). The summed E-state index contributed by atoms with van der Waals surface area (Å²) in [5.74, 6) is -0.729. The molecule has 3 aromatic rings. The number of carbonyl (C=O) groups is 2. The lowest BCUT2D eigenvalue weighted by Crippen LogP contribution is -2.41. The molecule has 0 spiro atoms. The Morgan fingerprint density at radius 3 is 2.14 bits per heavy atom. The van der Waals surface area contributed by atoms with Crippen LogP contribution in [0, 0.1) is 11.8 Å². The van der Waals surface area contributed by atoms with E-state index in [9.17, 15) is 41.0 Å². The summed E-state index contributed by atoms with van der Waals surface area (Å²) in [7, 11) is 1.74. The lowest BCUT2D eigenvalue weighted by molar-refractivity contribution is -0.144. The van der Waals surface area contributed by atoms with Crippen LogP contribution in [0.15, 0.2) is 43.0 Å². The molecule has 10 nitrogen and oxygen atoms in total. The van der Waals surface area contributed by atoms with Gasteiger partial charge in [0.2, 0.25) is 11.9 Å². The summed E-state index contributed by atoms with van der Waals surface area (Å²) in [6.07, 6.45) is 0.511. The maximum Gasteiger partial charge on any atom is 0.416 e. The number of nitrogens with zero attached hydrogens (tertiary/aromatic N) is 6. The lowest BCUT2D eigenvalue weighted by atomic mass is 9.82. The Kier molecular flexibility index (Phi) is 11.4. The molecule has 2 N–H and O–H groups in total. The molecule has 16 heteroatoms. The highest BCUT2D eigenvalue weighted by Crippen LogP contribution is 2.38. The highest BCUT2D eigenvalue weighted by atomic mass is 19.4. The first kappa shape index (κ1) is 37.1. The summed E-state index contributed by atoms with van der Waals surface area (Å²) in [6, 6.07) is 0.825. The molecule has 50 heavy (non-hydrogen) atoms. The average Bonchev–Trinajstić information content (AvgIpc) is 3.71. The first-order chi connectivity index (χ1) is 23.6. The Balaban J connectivity index is 1.33. The number of alkyl halides is 6. The zero-order chi connectivity index (χ0) is 36.2. The van der Waals surface area contributed by atoms with Crippen molar-refractivity contribution < 1.29 is 41.0 Å². The highest BCUT2D eigenvalue weighted by molar-refractivity contribution is 5.77. The van der Waals surface area contributed by atoms with Gasteiger partial charge in [0.15, 0.2) is 0 Å². The standard InChI is InChI=1S/C34H41F6N7O3/c1-3-28-13-29(20-46(28)30(48)8-9-41-14-21-4-6-23(7-5-21)31(49)50)47(32-42-15-24(16-43-32)25-17-44-45(2)19-25)18-22-10-26(33(35,36)37)12-27(11-22)34(38,39)40/h10-12,15-17,19,21,23,28-29,41H,3-9,13-14,18,20H2,1-2H3,(H,49,50)/t21?,23?,28-,29+/m1/s1. The fourth-order valence-corrected chi connectivity index (χ4v) is 6.93. The van der Waals surface area contributed by atoms with Crippen molar-refractivity contribution in [3.8, 4) is 11.1 Å². The smallest absolute Gasteiger partial charge is 0.416 e. The minimum atomic E-state index is -5.00. The van der Waals surface area contributed by atoms with Crippen LogP contribution in [0.1, 0.15) is 68.6 Å². The van der Waals surface area contributed by atoms with Crippen molar-refractivity contribution in [1.82, 2.24) is 30.0 Å². The Morgan fingerprint density at radius 1 is 0.960 bits per heavy atom. The molecule has 1 saturated heterocycles. The summed E-state index contributed by atoms with van der Waals surface area (Å²) in [6.45, 7) is 2.85. The number of benzene rings is 1. The first-order valence-corrected chi connectivity index (χ1v) is 16.7. The van der Waals surface area contributed by atoms with Crippen molar-refractivity contribution >= 4 is 17.8 Å². The van der Waals surface area contributed by atoms with Crippen molar-refractivity contribution in [1.29, 1.82) is 0 Å². The van der Waals surface area contributed by atoms with Crippen LogP contribution in [0.3, 0.4) is 0 Å². The second-order valence-corrected chi connectivity index (χ2v) is 13.2. The van der Waals surface area contributed by atoms with Crippen LogP contribution in [0.2, 0.25) is 0 Å². The van der Waals surface area contributed by atoms with Gasteiger partial charge in [-0.05, 0) is 74.8 Å². The molecule has 1 aliphatic carbocycles. The van der Waals surface area contributed by atoms with Gasteiger partial charge in [0, 0.05) is 68.9 Å². The Morgan fingerprint density at radius 2 is 1.60 bits per heavy atom. The third-order valence-corrected chi connectivity index (χ3v) is 9.70. The van der Waals surface area contributed by atoms with E-state index in [1.807, 2.05) is 6.92 Å². The normalized spacial score (nSPS) is 21.4. The van der Waals surface area contributed by atoms with Gasteiger partial charge in [0.25, 0.3) is 0 Å². The van der Waals surface area contributed by atoms with E-state index in [4.69, 9.17) is 0 Å². The molecular formula is C34H41F6N7O3. The van der Waals surface area contributed by atoms with Gasteiger partial charge in [-0.2, -0.15) is 31.4 Å². The maximum absolute atomic E-state index is 13.7. The predicted molar refractivity (Wildman–Crippen MR) is 172 cm³/mol. The molecule has 2 aliphatic rings. The highest BCUT2D eigenvalue weighted by Gasteiger charge is 2.40. The number of nitrogens with one attached hydrogen (secondary N) is 1. The molecule has 0 bridgehead atoms. The van der Waals surface area contributed by atoms with Crippen molar-refractivity contribution in [3.05, 3.63) is 59.7 Å². The number of carbonyl (C=O) groups excluding carboxylic acids is 1. The quantitative estimate of drug-likeness (QED) is 0.170. The monoisotopic (exact) mass is 709 g/mol. The second kappa shape index (κ2) is 15.4. The van der Waals surface area contributed by atoms with Crippen LogP contribution < -0.4 is 10.2 Å².